The summed E-state index contributed by atoms with van der Waals surface area (Å²) >= 11 is 5.90. The van der Waals surface area contributed by atoms with E-state index in [4.69, 9.17) is 11.6 Å². The molecule has 2 amide bonds. The first kappa shape index (κ1) is 14.3. The van der Waals surface area contributed by atoms with Crippen molar-refractivity contribution in [2.75, 3.05) is 12.4 Å². The Morgan fingerprint density at radius 1 is 1.28 bits per heavy atom. The summed E-state index contributed by atoms with van der Waals surface area (Å²) in [6, 6.07) is 6.28. The molecule has 1 aromatic rings. The van der Waals surface area contributed by atoms with Crippen molar-refractivity contribution < 1.29 is 14.3 Å². The number of urea groups is 1. The molecule has 18 heavy (non-hydrogen) atoms. The monoisotopic (exact) mass is 270 g/mol. The lowest BCUT2D eigenvalue weighted by molar-refractivity contribution is -0.146. The predicted octanol–water partition coefficient (Wildman–Crippen LogP) is 2.41. The number of nitrogens with one attached hydrogen (secondary N) is 2. The van der Waals surface area contributed by atoms with Gasteiger partial charge in [0.2, 0.25) is 0 Å². The number of halogens is 1. The lowest BCUT2D eigenvalue weighted by Crippen LogP contribution is -2.51. The molecule has 0 saturated heterocycles. The number of rotatable bonds is 3. The summed E-state index contributed by atoms with van der Waals surface area (Å²) < 4.78 is 4.58. The topological polar surface area (TPSA) is 67.4 Å². The van der Waals surface area contributed by atoms with E-state index >= 15 is 0 Å². The van der Waals surface area contributed by atoms with Gasteiger partial charge in [-0.1, -0.05) is 23.7 Å². The molecule has 0 aliphatic rings. The second-order valence-corrected chi connectivity index (χ2v) is 4.58. The Morgan fingerprint density at radius 3 is 2.44 bits per heavy atom. The smallest absolute Gasteiger partial charge is 0.331 e. The van der Waals surface area contributed by atoms with Gasteiger partial charge in [-0.15, -0.1) is 0 Å². The van der Waals surface area contributed by atoms with E-state index < -0.39 is 17.5 Å². The minimum absolute atomic E-state index is 0.420. The second kappa shape index (κ2) is 5.73. The lowest BCUT2D eigenvalue weighted by atomic mass is 10.1. The van der Waals surface area contributed by atoms with Gasteiger partial charge in [0.05, 0.1) is 17.8 Å². The third-order valence-electron chi connectivity index (χ3n) is 2.24. The first-order chi connectivity index (χ1) is 8.36. The first-order valence-electron chi connectivity index (χ1n) is 5.29. The van der Waals surface area contributed by atoms with Crippen LogP contribution in [0.2, 0.25) is 5.02 Å². The Balaban J connectivity index is 2.68. The maximum absolute atomic E-state index is 11.7. The van der Waals surface area contributed by atoms with Crippen LogP contribution in [0.5, 0.6) is 0 Å². The summed E-state index contributed by atoms with van der Waals surface area (Å²) in [7, 11) is 1.26. The molecule has 1 aromatic carbocycles. The molecule has 98 valence electrons. The number of esters is 1. The minimum Gasteiger partial charge on any atom is -0.467 e. The first-order valence-corrected chi connectivity index (χ1v) is 5.66. The van der Waals surface area contributed by atoms with Crippen molar-refractivity contribution in [1.29, 1.82) is 0 Å². The number of carbonyl (C=O) groups is 2. The highest BCUT2D eigenvalue weighted by Crippen LogP contribution is 2.20. The summed E-state index contributed by atoms with van der Waals surface area (Å²) in [4.78, 5) is 23.1. The van der Waals surface area contributed by atoms with Crippen molar-refractivity contribution in [3.8, 4) is 0 Å². The fraction of sp³-hybridized carbons (Fsp3) is 0.333. The maximum atomic E-state index is 11.7. The molecule has 0 aromatic heterocycles. The third-order valence-corrected chi connectivity index (χ3v) is 2.57. The molecule has 0 saturated carbocycles. The number of amides is 2. The second-order valence-electron chi connectivity index (χ2n) is 4.18. The molecule has 0 atom stereocenters. The van der Waals surface area contributed by atoms with Gasteiger partial charge in [-0.25, -0.2) is 9.59 Å². The molecular formula is C12H15ClN2O3. The van der Waals surface area contributed by atoms with Crippen molar-refractivity contribution in [3.05, 3.63) is 29.3 Å². The average molecular weight is 271 g/mol. The van der Waals surface area contributed by atoms with Gasteiger partial charge in [-0.3, -0.25) is 0 Å². The summed E-state index contributed by atoms with van der Waals surface area (Å²) in [6.07, 6.45) is 0. The van der Waals surface area contributed by atoms with Crippen LogP contribution in [0, 0.1) is 0 Å². The zero-order valence-corrected chi connectivity index (χ0v) is 11.2. The average Bonchev–Trinajstić information content (AvgIpc) is 2.30. The molecule has 1 rings (SSSR count). The number of para-hydroxylation sites is 1. The summed E-state index contributed by atoms with van der Waals surface area (Å²) in [5.74, 6) is -0.531. The van der Waals surface area contributed by atoms with Gasteiger partial charge in [0.15, 0.2) is 0 Å². The largest absolute Gasteiger partial charge is 0.467 e. The molecule has 0 aliphatic heterocycles. The Morgan fingerprint density at radius 2 is 1.89 bits per heavy atom. The number of hydrogen-bond acceptors (Lipinski definition) is 3. The minimum atomic E-state index is -1.11. The molecule has 0 radical (unpaired) electrons. The van der Waals surface area contributed by atoms with Crippen LogP contribution in [0.25, 0.3) is 0 Å². The van der Waals surface area contributed by atoms with E-state index in [-0.39, 0.29) is 0 Å². The number of anilines is 1. The normalized spacial score (nSPS) is 10.7. The van der Waals surface area contributed by atoms with Gasteiger partial charge >= 0.3 is 12.0 Å². The van der Waals surface area contributed by atoms with Crippen LogP contribution >= 0.6 is 11.6 Å². The standard InChI is InChI=1S/C12H15ClN2O3/c1-12(2,10(16)18-3)15-11(17)14-9-7-5-4-6-8(9)13/h4-7H,1-3H3,(H2,14,15,17). The number of benzene rings is 1. The van der Waals surface area contributed by atoms with Gasteiger partial charge in [-0.05, 0) is 26.0 Å². The van der Waals surface area contributed by atoms with E-state index in [1.807, 2.05) is 0 Å². The van der Waals surface area contributed by atoms with Crippen molar-refractivity contribution in [2.24, 2.45) is 0 Å². The Kier molecular flexibility index (Phi) is 4.55. The number of methoxy groups -OCH3 is 1. The Labute approximate surface area is 110 Å². The third kappa shape index (κ3) is 3.63. The fourth-order valence-corrected chi connectivity index (χ4v) is 1.49. The zero-order chi connectivity index (χ0) is 13.8. The molecule has 0 aliphatic carbocycles. The molecule has 6 heteroatoms. The van der Waals surface area contributed by atoms with E-state index in [9.17, 15) is 9.59 Å². The highest BCUT2D eigenvalue weighted by Gasteiger charge is 2.30. The van der Waals surface area contributed by atoms with Crippen LogP contribution < -0.4 is 10.6 Å². The number of carbonyl (C=O) groups excluding carboxylic acids is 2. The lowest BCUT2D eigenvalue weighted by Gasteiger charge is -2.23. The van der Waals surface area contributed by atoms with Gasteiger partial charge in [0, 0.05) is 0 Å². The molecule has 0 bridgehead atoms. The van der Waals surface area contributed by atoms with Crippen LogP contribution in [-0.4, -0.2) is 24.6 Å². The Bertz CT molecular complexity index is 460. The SMILES string of the molecule is COC(=O)C(C)(C)NC(=O)Nc1ccccc1Cl. The molecule has 0 heterocycles. The highest BCUT2D eigenvalue weighted by molar-refractivity contribution is 6.33. The summed E-state index contributed by atoms with van der Waals surface area (Å²) in [5.41, 5.74) is -0.641. The van der Waals surface area contributed by atoms with Gasteiger partial charge in [0.1, 0.15) is 5.54 Å². The van der Waals surface area contributed by atoms with Crippen LogP contribution in [0.3, 0.4) is 0 Å². The van der Waals surface area contributed by atoms with E-state index in [1.165, 1.54) is 7.11 Å². The van der Waals surface area contributed by atoms with E-state index in [2.05, 4.69) is 15.4 Å². The highest BCUT2D eigenvalue weighted by atomic mass is 35.5. The fourth-order valence-electron chi connectivity index (χ4n) is 1.31. The maximum Gasteiger partial charge on any atom is 0.331 e. The predicted molar refractivity (Wildman–Crippen MR) is 69.7 cm³/mol. The molecule has 5 nitrogen and oxygen atoms in total. The van der Waals surface area contributed by atoms with Crippen molar-refractivity contribution in [1.82, 2.24) is 5.32 Å². The molecule has 0 unspecified atom stereocenters. The number of hydrogen-bond donors (Lipinski definition) is 2. The van der Waals surface area contributed by atoms with E-state index in [1.54, 1.807) is 38.1 Å². The summed E-state index contributed by atoms with van der Waals surface area (Å²) in [6.45, 7) is 3.09. The quantitative estimate of drug-likeness (QED) is 0.829. The molecule has 0 fully saturated rings. The zero-order valence-electron chi connectivity index (χ0n) is 10.4. The Hall–Kier alpha value is -1.75. The van der Waals surface area contributed by atoms with Crippen LogP contribution in [-0.2, 0) is 9.53 Å². The molecular weight excluding hydrogens is 256 g/mol. The van der Waals surface area contributed by atoms with E-state index in [0.717, 1.165) is 0 Å². The van der Waals surface area contributed by atoms with Crippen molar-refractivity contribution in [2.45, 2.75) is 19.4 Å². The molecule has 2 N–H and O–H groups in total. The van der Waals surface area contributed by atoms with Crippen molar-refractivity contribution >= 4 is 29.3 Å². The number of ether oxygens (including phenoxy) is 1. The van der Waals surface area contributed by atoms with E-state index in [0.29, 0.717) is 10.7 Å². The molecule has 0 spiro atoms. The van der Waals surface area contributed by atoms with Crippen molar-refractivity contribution in [3.63, 3.8) is 0 Å². The van der Waals surface area contributed by atoms with Gasteiger partial charge in [-0.2, -0.15) is 0 Å². The van der Waals surface area contributed by atoms with Gasteiger partial charge < -0.3 is 15.4 Å². The van der Waals surface area contributed by atoms with Crippen LogP contribution in [0.15, 0.2) is 24.3 Å². The summed E-state index contributed by atoms with van der Waals surface area (Å²) in [5, 5.41) is 5.47. The van der Waals surface area contributed by atoms with Crippen LogP contribution in [0.1, 0.15) is 13.8 Å². The van der Waals surface area contributed by atoms with Gasteiger partial charge in [0.25, 0.3) is 0 Å². The van der Waals surface area contributed by atoms with Crippen LogP contribution in [0.4, 0.5) is 10.5 Å².